The summed E-state index contributed by atoms with van der Waals surface area (Å²) in [4.78, 5) is 49.1. The number of fused-ring (bicyclic) bond motifs is 5. The van der Waals surface area contributed by atoms with Crippen LogP contribution in [0.3, 0.4) is 0 Å². The van der Waals surface area contributed by atoms with Gasteiger partial charge >= 0.3 is 0 Å². The first-order valence-corrected chi connectivity index (χ1v) is 17.2. The lowest BCUT2D eigenvalue weighted by molar-refractivity contribution is -0.384. The Bertz CT molecular complexity index is 1580. The van der Waals surface area contributed by atoms with E-state index >= 15 is 4.39 Å². The van der Waals surface area contributed by atoms with E-state index in [0.717, 1.165) is 0 Å². The number of aliphatic hydroxyl groups is 3. The number of nitrogens with zero attached hydrogens (tertiary/aromatic N) is 1. The fraction of sp³-hybridized carbons (Fsp3) is 0.629. The molecule has 5 rings (SSSR count). The summed E-state index contributed by atoms with van der Waals surface area (Å²) in [5.41, 5.74) is -5.70. The molecule has 0 heterocycles. The number of allylic oxidation sites excluding steroid dienone is 4. The van der Waals surface area contributed by atoms with Crippen molar-refractivity contribution >= 4 is 46.4 Å². The lowest BCUT2D eigenvalue weighted by Gasteiger charge is -2.62. The second-order valence-electron chi connectivity index (χ2n) is 14.7. The second-order valence-corrected chi connectivity index (χ2v) is 16.4. The number of nitro benzene ring substituents is 1. The van der Waals surface area contributed by atoms with Crippen molar-refractivity contribution in [3.63, 3.8) is 0 Å². The van der Waals surface area contributed by atoms with Gasteiger partial charge in [0, 0.05) is 35.5 Å². The lowest BCUT2D eigenvalue weighted by Crippen LogP contribution is -2.69. The maximum atomic E-state index is 17.4. The molecule has 268 valence electrons. The molecule has 4 aliphatic carbocycles. The Hall–Kier alpha value is -2.74. The van der Waals surface area contributed by atoms with Crippen molar-refractivity contribution in [2.45, 2.75) is 93.7 Å². The number of benzene rings is 1. The van der Waals surface area contributed by atoms with E-state index in [-0.39, 0.29) is 36.5 Å². The number of nitrogens with one attached hydrogen (secondary N) is 1. The number of non-ortho nitro benzene ring substituents is 1. The number of hydrogen-bond acceptors (Lipinski definition) is 9. The van der Waals surface area contributed by atoms with Crippen LogP contribution < -0.4 is 5.32 Å². The van der Waals surface area contributed by atoms with E-state index in [4.69, 9.17) is 27.9 Å². The van der Waals surface area contributed by atoms with Crippen LogP contribution in [-0.2, 0) is 19.1 Å². The summed E-state index contributed by atoms with van der Waals surface area (Å²) < 4.78 is 21.3. The lowest BCUT2D eigenvalue weighted by atomic mass is 9.44. The van der Waals surface area contributed by atoms with E-state index in [2.05, 4.69) is 5.32 Å². The average molecular weight is 726 g/mol. The van der Waals surface area contributed by atoms with E-state index in [9.17, 15) is 39.8 Å². The molecule has 14 heteroatoms. The SMILES string of the molecule is C[C@H]1C[C@H]2[C@@H]3CCC4=CC(=O)C=C[C@]4(C)[C@@]3(F)[C@@H](O)C[C@]2(C)[C@@]1(O)C(=O)COCC[C@@H](NC(=O)C(C)(Cl)Cl)[C@H](O)c1ccc([N+](=O)[O-])cc1. The maximum absolute atomic E-state index is 17.4. The quantitative estimate of drug-likeness (QED) is 0.110. The van der Waals surface area contributed by atoms with Gasteiger partial charge < -0.3 is 25.4 Å². The minimum Gasteiger partial charge on any atom is -0.390 e. The zero-order valence-corrected chi connectivity index (χ0v) is 29.3. The molecule has 1 amide bonds. The van der Waals surface area contributed by atoms with Crippen molar-refractivity contribution in [3.05, 3.63) is 63.7 Å². The number of amides is 1. The summed E-state index contributed by atoms with van der Waals surface area (Å²) >= 11 is 11.9. The van der Waals surface area contributed by atoms with E-state index in [1.807, 2.05) is 0 Å². The van der Waals surface area contributed by atoms with Crippen molar-refractivity contribution in [1.29, 1.82) is 0 Å². The van der Waals surface area contributed by atoms with Crippen LogP contribution in [0.1, 0.15) is 71.5 Å². The number of nitro groups is 1. The first-order chi connectivity index (χ1) is 22.7. The minimum atomic E-state index is -2.10. The molecule has 49 heavy (non-hydrogen) atoms. The molecule has 0 unspecified atom stereocenters. The van der Waals surface area contributed by atoms with Gasteiger partial charge in [0.25, 0.3) is 11.6 Å². The first kappa shape index (κ1) is 37.5. The Morgan fingerprint density at radius 3 is 2.49 bits per heavy atom. The third-order valence-corrected chi connectivity index (χ3v) is 12.3. The maximum Gasteiger partial charge on any atom is 0.269 e. The third kappa shape index (κ3) is 6.06. The van der Waals surface area contributed by atoms with Crippen LogP contribution >= 0.6 is 23.2 Å². The van der Waals surface area contributed by atoms with Crippen LogP contribution in [0.25, 0.3) is 0 Å². The van der Waals surface area contributed by atoms with Gasteiger partial charge in [-0.3, -0.25) is 24.5 Å². The van der Waals surface area contributed by atoms with Crippen LogP contribution in [-0.4, -0.2) is 78.7 Å². The topological polar surface area (TPSA) is 176 Å². The van der Waals surface area contributed by atoms with Gasteiger partial charge in [-0.05, 0) is 87.6 Å². The van der Waals surface area contributed by atoms with Crippen molar-refractivity contribution in [1.82, 2.24) is 5.32 Å². The van der Waals surface area contributed by atoms with Crippen LogP contribution in [0.4, 0.5) is 10.1 Å². The standard InChI is InChI=1S/C35H43Cl2FN2O9/c1-19-15-25-24-10-7-21-16-23(41)11-13-31(21,2)34(24,38)27(42)17-32(25,3)35(19,46)28(43)18-49-14-12-26(39-30(45)33(4,36)37)29(44)20-5-8-22(9-6-20)40(47)48/h5-6,8-9,11,13,16,19,24-27,29,42,44,46H,7,10,12,14-15,17-18H2,1-4H3,(H,39,45)/t19-,24-,25-,26+,27-,29+,31-,32-,34-,35-/m0/s1. The Balaban J connectivity index is 1.30. The van der Waals surface area contributed by atoms with Crippen LogP contribution in [0.2, 0.25) is 0 Å². The molecule has 0 spiro atoms. The number of carbonyl (C=O) groups excluding carboxylic acids is 3. The van der Waals surface area contributed by atoms with E-state index < -0.39 is 85.7 Å². The van der Waals surface area contributed by atoms with Gasteiger partial charge in [0.05, 0.1) is 23.2 Å². The molecule has 4 aliphatic rings. The fourth-order valence-corrected chi connectivity index (χ4v) is 9.36. The normalized spacial score (nSPS) is 36.5. The molecule has 3 fully saturated rings. The van der Waals surface area contributed by atoms with Crippen molar-refractivity contribution in [2.24, 2.45) is 28.6 Å². The highest BCUT2D eigenvalue weighted by atomic mass is 35.5. The van der Waals surface area contributed by atoms with Crippen LogP contribution in [0.15, 0.2) is 48.1 Å². The number of hydrogen-bond donors (Lipinski definition) is 4. The number of ether oxygens (including phenoxy) is 1. The Kier molecular flexibility index (Phi) is 10.0. The predicted octanol–water partition coefficient (Wildman–Crippen LogP) is 4.63. The molecule has 4 N–H and O–H groups in total. The fourth-order valence-electron chi connectivity index (χ4n) is 9.26. The van der Waals surface area contributed by atoms with Crippen LogP contribution in [0.5, 0.6) is 0 Å². The van der Waals surface area contributed by atoms with Crippen LogP contribution in [0, 0.1) is 38.7 Å². The van der Waals surface area contributed by atoms with Gasteiger partial charge in [0.15, 0.2) is 21.6 Å². The molecule has 1 aromatic carbocycles. The number of halogens is 3. The molecule has 3 saturated carbocycles. The number of ketones is 2. The zero-order chi connectivity index (χ0) is 36.3. The summed E-state index contributed by atoms with van der Waals surface area (Å²) in [5, 5.41) is 48.5. The predicted molar refractivity (Wildman–Crippen MR) is 178 cm³/mol. The summed E-state index contributed by atoms with van der Waals surface area (Å²) in [5.74, 6) is -3.34. The van der Waals surface area contributed by atoms with Gasteiger partial charge in [-0.15, -0.1) is 0 Å². The average Bonchev–Trinajstić information content (AvgIpc) is 3.23. The summed E-state index contributed by atoms with van der Waals surface area (Å²) in [6.07, 6.45) is 2.44. The van der Waals surface area contributed by atoms with Gasteiger partial charge in [-0.25, -0.2) is 4.39 Å². The highest BCUT2D eigenvalue weighted by molar-refractivity contribution is 6.57. The largest absolute Gasteiger partial charge is 0.390 e. The smallest absolute Gasteiger partial charge is 0.269 e. The number of alkyl halides is 3. The third-order valence-electron chi connectivity index (χ3n) is 12.0. The number of rotatable bonds is 11. The second kappa shape index (κ2) is 13.1. The van der Waals surface area contributed by atoms with Crippen molar-refractivity contribution in [2.75, 3.05) is 13.2 Å². The summed E-state index contributed by atoms with van der Waals surface area (Å²) in [6, 6.07) is 4.09. The molecule has 10 atom stereocenters. The van der Waals surface area contributed by atoms with Gasteiger partial charge in [0.1, 0.15) is 12.2 Å². The highest BCUT2D eigenvalue weighted by Crippen LogP contribution is 2.70. The van der Waals surface area contributed by atoms with Crippen molar-refractivity contribution < 1.29 is 43.8 Å². The molecule has 0 aromatic heterocycles. The van der Waals surface area contributed by atoms with Crippen molar-refractivity contribution in [3.8, 4) is 0 Å². The summed E-state index contributed by atoms with van der Waals surface area (Å²) in [6.45, 7) is 5.74. The molecule has 1 aromatic rings. The first-order valence-electron chi connectivity index (χ1n) is 16.5. The molecule has 0 bridgehead atoms. The van der Waals surface area contributed by atoms with E-state index in [0.29, 0.717) is 24.8 Å². The van der Waals surface area contributed by atoms with Gasteiger partial charge in [-0.1, -0.05) is 48.7 Å². The summed E-state index contributed by atoms with van der Waals surface area (Å²) in [7, 11) is 0. The van der Waals surface area contributed by atoms with E-state index in [1.165, 1.54) is 43.3 Å². The molecule has 0 saturated heterocycles. The minimum absolute atomic E-state index is 0.0372. The molecular formula is C35H43Cl2FN2O9. The number of Topliss-reactive ketones (excluding diaryl/α,β-unsaturated/α-hetero) is 1. The number of aliphatic hydroxyl groups excluding tert-OH is 2. The molecule has 0 aliphatic heterocycles. The van der Waals surface area contributed by atoms with Gasteiger partial charge in [0.2, 0.25) is 0 Å². The Morgan fingerprint density at radius 1 is 1.22 bits per heavy atom. The molecular weight excluding hydrogens is 682 g/mol. The molecule has 11 nitrogen and oxygen atoms in total. The van der Waals surface area contributed by atoms with Gasteiger partial charge in [-0.2, -0.15) is 0 Å². The monoisotopic (exact) mass is 724 g/mol. The Morgan fingerprint density at radius 2 is 1.88 bits per heavy atom. The zero-order valence-electron chi connectivity index (χ0n) is 27.8. The Labute approximate surface area is 294 Å². The number of carbonyl (C=O) groups is 3. The van der Waals surface area contributed by atoms with E-state index in [1.54, 1.807) is 26.8 Å². The molecule has 0 radical (unpaired) electrons. The highest BCUT2D eigenvalue weighted by Gasteiger charge is 2.75.